The summed E-state index contributed by atoms with van der Waals surface area (Å²) in [7, 11) is 0. The molecule has 1 aromatic heterocycles. The molecule has 0 unspecified atom stereocenters. The normalized spacial score (nSPS) is 21.3. The van der Waals surface area contributed by atoms with Crippen molar-refractivity contribution in [2.45, 2.75) is 46.6 Å². The number of anilines is 1. The van der Waals surface area contributed by atoms with Gasteiger partial charge >= 0.3 is 12.1 Å². The first-order chi connectivity index (χ1) is 21.7. The molecule has 3 aliphatic rings. The molecule has 3 heterocycles. The van der Waals surface area contributed by atoms with Gasteiger partial charge in [-0.2, -0.15) is 0 Å². The number of hydrogen-bond donors (Lipinski definition) is 1. The summed E-state index contributed by atoms with van der Waals surface area (Å²) in [5.74, 6) is 0.376. The Labute approximate surface area is 264 Å². The molecular weight excluding hydrogens is 576 g/mol. The summed E-state index contributed by atoms with van der Waals surface area (Å²) in [5, 5.41) is 2.94. The first kappa shape index (κ1) is 32.2. The fraction of sp³-hybridized carbons (Fsp3) is 0.576. The number of piperidine rings is 1. The molecule has 2 aliphatic heterocycles. The van der Waals surface area contributed by atoms with Gasteiger partial charge in [0.1, 0.15) is 17.6 Å². The lowest BCUT2D eigenvalue weighted by atomic mass is 10.0. The van der Waals surface area contributed by atoms with Crippen LogP contribution in [0, 0.1) is 23.7 Å². The molecule has 2 aromatic rings. The molecule has 5 rings (SSSR count). The lowest BCUT2D eigenvalue weighted by molar-refractivity contribution is -0.145. The van der Waals surface area contributed by atoms with Crippen LogP contribution in [-0.4, -0.2) is 102 Å². The van der Waals surface area contributed by atoms with E-state index in [2.05, 4.69) is 15.2 Å². The zero-order valence-corrected chi connectivity index (χ0v) is 26.6. The molecule has 1 saturated carbocycles. The second-order valence-corrected chi connectivity index (χ2v) is 12.3. The van der Waals surface area contributed by atoms with Gasteiger partial charge in [-0.05, 0) is 31.1 Å². The fourth-order valence-corrected chi connectivity index (χ4v) is 6.16. The zero-order valence-electron chi connectivity index (χ0n) is 26.6. The second-order valence-electron chi connectivity index (χ2n) is 12.3. The highest BCUT2D eigenvalue weighted by atomic mass is 16.6. The highest BCUT2D eigenvalue weighted by Gasteiger charge is 2.60. The van der Waals surface area contributed by atoms with Gasteiger partial charge in [-0.15, -0.1) is 0 Å². The first-order valence-corrected chi connectivity index (χ1v) is 16.1. The van der Waals surface area contributed by atoms with Crippen LogP contribution in [0.4, 0.5) is 10.6 Å². The molecule has 12 heteroatoms. The minimum atomic E-state index is -0.774. The number of amides is 3. The number of esters is 1. The average Bonchev–Trinajstić information content (AvgIpc) is 3.56. The third-order valence-electron chi connectivity index (χ3n) is 8.85. The number of ether oxygens (including phenoxy) is 2. The number of fused-ring (bicyclic) bond motifs is 1. The Hall–Kier alpha value is -4.22. The van der Waals surface area contributed by atoms with Crippen LogP contribution in [0.2, 0.25) is 0 Å². The molecule has 3 amide bonds. The monoisotopic (exact) mass is 620 g/mol. The molecular formula is C33H44N6O6. The number of hydrogen-bond acceptors (Lipinski definition) is 9. The summed E-state index contributed by atoms with van der Waals surface area (Å²) < 4.78 is 10.6. The van der Waals surface area contributed by atoms with E-state index in [0.29, 0.717) is 64.1 Å². The molecule has 12 nitrogen and oxygen atoms in total. The van der Waals surface area contributed by atoms with E-state index in [-0.39, 0.29) is 47.3 Å². The number of nitrogens with zero attached hydrogens (tertiary/aromatic N) is 5. The quantitative estimate of drug-likeness (QED) is 0.297. The van der Waals surface area contributed by atoms with E-state index in [1.54, 1.807) is 15.9 Å². The molecule has 3 fully saturated rings. The number of carbonyl (C=O) groups is 4. The third kappa shape index (κ3) is 7.37. The number of benzene rings is 1. The number of rotatable bonds is 11. The predicted molar refractivity (Wildman–Crippen MR) is 167 cm³/mol. The molecule has 0 bridgehead atoms. The van der Waals surface area contributed by atoms with Gasteiger partial charge in [-0.1, -0.05) is 57.5 Å². The van der Waals surface area contributed by atoms with Crippen LogP contribution in [-0.2, 0) is 19.1 Å². The molecule has 242 valence electrons. The van der Waals surface area contributed by atoms with E-state index in [1.165, 1.54) is 0 Å². The lowest BCUT2D eigenvalue weighted by Gasteiger charge is -2.36. The van der Waals surface area contributed by atoms with Crippen LogP contribution in [0.25, 0.3) is 11.4 Å². The third-order valence-corrected chi connectivity index (χ3v) is 8.85. The predicted octanol–water partition coefficient (Wildman–Crippen LogP) is 3.22. The number of piperazine rings is 1. The van der Waals surface area contributed by atoms with Crippen LogP contribution in [0.5, 0.6) is 0 Å². The molecule has 45 heavy (non-hydrogen) atoms. The SMILES string of the molecule is CCCCOC(=O)N1CCN(C(=O)[C@@H](NC(=O)c2cc(N3C[C@@H]4[C@H](C3)[C@@H]4C(=O)OCC)nc(-c3ccccc3)n2)C(C)C)CC1. The summed E-state index contributed by atoms with van der Waals surface area (Å²) in [6.07, 6.45) is 1.40. The molecule has 1 N–H and O–H groups in total. The molecule has 1 aromatic carbocycles. The van der Waals surface area contributed by atoms with Crippen LogP contribution < -0.4 is 10.2 Å². The fourth-order valence-electron chi connectivity index (χ4n) is 6.16. The molecule has 0 spiro atoms. The minimum absolute atomic E-state index is 0.0780. The Morgan fingerprint density at radius 2 is 1.60 bits per heavy atom. The number of nitrogens with one attached hydrogen (secondary N) is 1. The van der Waals surface area contributed by atoms with Gasteiger partial charge in [0, 0.05) is 50.9 Å². The van der Waals surface area contributed by atoms with E-state index >= 15 is 0 Å². The summed E-state index contributed by atoms with van der Waals surface area (Å²) in [4.78, 5) is 66.8. The van der Waals surface area contributed by atoms with Crippen molar-refractivity contribution in [2.75, 3.05) is 57.4 Å². The Kier molecular flexibility index (Phi) is 10.2. The van der Waals surface area contributed by atoms with Gasteiger partial charge in [0.05, 0.1) is 19.1 Å². The zero-order chi connectivity index (χ0) is 32.1. The van der Waals surface area contributed by atoms with E-state index in [0.717, 1.165) is 18.4 Å². The van der Waals surface area contributed by atoms with E-state index in [1.807, 2.05) is 58.0 Å². The smallest absolute Gasteiger partial charge is 0.409 e. The van der Waals surface area contributed by atoms with Gasteiger partial charge in [0.25, 0.3) is 5.91 Å². The van der Waals surface area contributed by atoms with Crippen LogP contribution >= 0.6 is 0 Å². The van der Waals surface area contributed by atoms with Crippen LogP contribution in [0.15, 0.2) is 36.4 Å². The van der Waals surface area contributed by atoms with Crippen molar-refractivity contribution in [1.82, 2.24) is 25.1 Å². The Morgan fingerprint density at radius 1 is 0.933 bits per heavy atom. The van der Waals surface area contributed by atoms with Crippen LogP contribution in [0.1, 0.15) is 51.0 Å². The van der Waals surface area contributed by atoms with Crippen molar-refractivity contribution in [3.05, 3.63) is 42.1 Å². The largest absolute Gasteiger partial charge is 0.466 e. The maximum Gasteiger partial charge on any atom is 0.409 e. The van der Waals surface area contributed by atoms with E-state index < -0.39 is 11.9 Å². The average molecular weight is 621 g/mol. The van der Waals surface area contributed by atoms with Gasteiger partial charge in [-0.25, -0.2) is 14.8 Å². The molecule has 0 radical (unpaired) electrons. The summed E-state index contributed by atoms with van der Waals surface area (Å²) in [6, 6.07) is 10.3. The highest BCUT2D eigenvalue weighted by molar-refractivity contribution is 5.97. The van der Waals surface area contributed by atoms with E-state index in [9.17, 15) is 19.2 Å². The topological polar surface area (TPSA) is 134 Å². The summed E-state index contributed by atoms with van der Waals surface area (Å²) in [6.45, 7) is 11.1. The van der Waals surface area contributed by atoms with Gasteiger partial charge in [0.15, 0.2) is 5.82 Å². The van der Waals surface area contributed by atoms with Crippen molar-refractivity contribution in [3.63, 3.8) is 0 Å². The van der Waals surface area contributed by atoms with Crippen molar-refractivity contribution in [1.29, 1.82) is 0 Å². The number of carbonyl (C=O) groups excluding carboxylic acids is 4. The number of unbranched alkanes of at least 4 members (excludes halogenated alkanes) is 1. The van der Waals surface area contributed by atoms with Crippen LogP contribution in [0.3, 0.4) is 0 Å². The van der Waals surface area contributed by atoms with Crippen molar-refractivity contribution < 1.29 is 28.7 Å². The lowest BCUT2D eigenvalue weighted by Crippen LogP contribution is -2.57. The van der Waals surface area contributed by atoms with Gasteiger partial charge < -0.3 is 29.5 Å². The van der Waals surface area contributed by atoms with Gasteiger partial charge in [-0.3, -0.25) is 14.4 Å². The van der Waals surface area contributed by atoms with Crippen molar-refractivity contribution in [3.8, 4) is 11.4 Å². The highest BCUT2D eigenvalue weighted by Crippen LogP contribution is 2.53. The van der Waals surface area contributed by atoms with E-state index in [4.69, 9.17) is 14.5 Å². The van der Waals surface area contributed by atoms with Crippen molar-refractivity contribution in [2.24, 2.45) is 23.7 Å². The maximum absolute atomic E-state index is 13.7. The Balaban J connectivity index is 1.28. The first-order valence-electron chi connectivity index (χ1n) is 16.1. The van der Waals surface area contributed by atoms with Crippen molar-refractivity contribution >= 4 is 29.7 Å². The summed E-state index contributed by atoms with van der Waals surface area (Å²) in [5.41, 5.74) is 0.934. The minimum Gasteiger partial charge on any atom is -0.466 e. The maximum atomic E-state index is 13.7. The Bertz CT molecular complexity index is 1370. The molecule has 2 saturated heterocycles. The molecule has 1 aliphatic carbocycles. The number of aromatic nitrogens is 2. The summed E-state index contributed by atoms with van der Waals surface area (Å²) >= 11 is 0. The van der Waals surface area contributed by atoms with Gasteiger partial charge in [0.2, 0.25) is 5.91 Å². The Morgan fingerprint density at radius 3 is 2.22 bits per heavy atom. The second kappa shape index (κ2) is 14.3. The molecule has 4 atom stereocenters. The standard InChI is InChI=1S/C33H44N6O6/c1-5-7-17-45-33(43)38-15-13-37(14-16-38)31(41)28(21(3)4)36-30(40)25-18-26(35-29(34-25)22-11-9-8-10-12-22)39-19-23-24(20-39)27(23)32(42)44-6-2/h8-12,18,21,23-24,27-28H,5-7,13-17,19-20H2,1-4H3,(H,36,40)/t23-,24+,27-,28-/m0/s1.